The first-order valence-electron chi connectivity index (χ1n) is 16.9. The Morgan fingerprint density at radius 2 is 0.800 bits per heavy atom. The fourth-order valence-electron chi connectivity index (χ4n) is 5.04. The quantitative estimate of drug-likeness (QED) is 0.102. The number of carboxylic acids is 2. The molecular formula is C43H46O7. The third-order valence-corrected chi connectivity index (χ3v) is 8.11. The van der Waals surface area contributed by atoms with Crippen LogP contribution in [0.15, 0.2) is 133 Å². The number of aliphatic carboxylic acids is 2. The minimum atomic E-state index is -0.776. The lowest BCUT2D eigenvalue weighted by atomic mass is 10.0. The summed E-state index contributed by atoms with van der Waals surface area (Å²) in [6.07, 6.45) is 2.74. The molecule has 5 aromatic rings. The van der Waals surface area contributed by atoms with Gasteiger partial charge in [-0.25, -0.2) is 0 Å². The van der Waals surface area contributed by atoms with Gasteiger partial charge in [-0.1, -0.05) is 111 Å². The number of hydrogen-bond acceptors (Lipinski definition) is 5. The second-order valence-electron chi connectivity index (χ2n) is 12.3. The highest BCUT2D eigenvalue weighted by atomic mass is 16.5. The number of carbonyl (C=O) groups is 2. The Morgan fingerprint density at radius 3 is 1.20 bits per heavy atom. The van der Waals surface area contributed by atoms with Gasteiger partial charge < -0.3 is 24.4 Å². The first-order valence-corrected chi connectivity index (χ1v) is 16.9. The summed E-state index contributed by atoms with van der Waals surface area (Å²) in [7, 11) is 0. The molecule has 0 aliphatic carbocycles. The lowest BCUT2D eigenvalue weighted by Crippen LogP contribution is -2.12. The van der Waals surface area contributed by atoms with E-state index >= 15 is 0 Å². The zero-order valence-corrected chi connectivity index (χ0v) is 28.7. The predicted molar refractivity (Wildman–Crippen MR) is 196 cm³/mol. The molecule has 50 heavy (non-hydrogen) atoms. The van der Waals surface area contributed by atoms with Gasteiger partial charge in [0.15, 0.2) is 0 Å². The van der Waals surface area contributed by atoms with E-state index in [9.17, 15) is 9.59 Å². The summed E-state index contributed by atoms with van der Waals surface area (Å²) in [5, 5.41) is 17.9. The van der Waals surface area contributed by atoms with Gasteiger partial charge in [0, 0.05) is 12.8 Å². The molecule has 260 valence electrons. The van der Waals surface area contributed by atoms with Crippen molar-refractivity contribution in [3.8, 4) is 17.2 Å². The Labute approximate surface area is 295 Å². The molecule has 0 radical (unpaired) electrons. The summed E-state index contributed by atoms with van der Waals surface area (Å²) in [6.45, 7) is 5.20. The molecule has 2 N–H and O–H groups in total. The van der Waals surface area contributed by atoms with E-state index < -0.39 is 11.9 Å². The summed E-state index contributed by atoms with van der Waals surface area (Å²) in [4.78, 5) is 21.8. The van der Waals surface area contributed by atoms with E-state index in [1.807, 2.05) is 109 Å². The van der Waals surface area contributed by atoms with Crippen LogP contribution in [0.5, 0.6) is 17.2 Å². The molecule has 7 heteroatoms. The van der Waals surface area contributed by atoms with Gasteiger partial charge in [-0.2, -0.15) is 0 Å². The maximum absolute atomic E-state index is 10.9. The van der Waals surface area contributed by atoms with Gasteiger partial charge in [0.2, 0.25) is 0 Å². The Bertz CT molecular complexity index is 1700. The van der Waals surface area contributed by atoms with Crippen molar-refractivity contribution in [2.24, 2.45) is 11.8 Å². The van der Waals surface area contributed by atoms with Crippen LogP contribution in [0, 0.1) is 11.8 Å². The Balaban J connectivity index is 0.000000237. The SMILES string of the molecule is CC(Cc1ccc(OCCc2ccc(OCc3ccccc3)cc2)cc1)C(=O)O.C[C@@H](Cc1ccc(OCCc2ccccc2)cc1)C(=O)O. The third kappa shape index (κ3) is 13.5. The summed E-state index contributed by atoms with van der Waals surface area (Å²) in [6, 6.07) is 43.7. The number of carboxylic acid groups (broad SMARTS) is 2. The van der Waals surface area contributed by atoms with Gasteiger partial charge in [-0.3, -0.25) is 9.59 Å². The normalized spacial score (nSPS) is 11.7. The number of benzene rings is 5. The molecule has 5 aromatic carbocycles. The molecule has 0 fully saturated rings. The Hall–Kier alpha value is -5.56. The molecule has 0 saturated heterocycles. The van der Waals surface area contributed by atoms with E-state index in [-0.39, 0.29) is 11.8 Å². The van der Waals surface area contributed by atoms with Gasteiger partial charge >= 0.3 is 11.9 Å². The number of rotatable bonds is 17. The largest absolute Gasteiger partial charge is 0.493 e. The summed E-state index contributed by atoms with van der Waals surface area (Å²) in [5.41, 5.74) is 5.60. The van der Waals surface area contributed by atoms with Crippen LogP contribution in [-0.2, 0) is 41.9 Å². The van der Waals surface area contributed by atoms with Gasteiger partial charge in [-0.15, -0.1) is 0 Å². The minimum Gasteiger partial charge on any atom is -0.493 e. The number of ether oxygens (including phenoxy) is 3. The van der Waals surface area contributed by atoms with Crippen molar-refractivity contribution in [2.45, 2.75) is 46.1 Å². The molecule has 0 amide bonds. The van der Waals surface area contributed by atoms with Gasteiger partial charge in [0.05, 0.1) is 25.0 Å². The topological polar surface area (TPSA) is 102 Å². The first-order chi connectivity index (χ1) is 24.2. The maximum Gasteiger partial charge on any atom is 0.306 e. The van der Waals surface area contributed by atoms with E-state index in [0.717, 1.165) is 46.8 Å². The molecule has 0 saturated carbocycles. The second kappa shape index (κ2) is 20.1. The zero-order chi connectivity index (χ0) is 35.6. The van der Waals surface area contributed by atoms with Crippen LogP contribution in [-0.4, -0.2) is 35.4 Å². The van der Waals surface area contributed by atoms with Crippen LogP contribution in [0.3, 0.4) is 0 Å². The van der Waals surface area contributed by atoms with Crippen LogP contribution in [0.2, 0.25) is 0 Å². The smallest absolute Gasteiger partial charge is 0.306 e. The Kier molecular flexibility index (Phi) is 15.0. The zero-order valence-electron chi connectivity index (χ0n) is 28.7. The fraction of sp³-hybridized carbons (Fsp3) is 0.256. The Morgan fingerprint density at radius 1 is 0.460 bits per heavy atom. The molecule has 0 aromatic heterocycles. The van der Waals surface area contributed by atoms with E-state index in [4.69, 9.17) is 24.4 Å². The van der Waals surface area contributed by atoms with E-state index in [1.165, 1.54) is 11.1 Å². The van der Waals surface area contributed by atoms with Crippen LogP contribution in [0.4, 0.5) is 0 Å². The van der Waals surface area contributed by atoms with Crippen molar-refractivity contribution in [3.63, 3.8) is 0 Å². The van der Waals surface area contributed by atoms with Crippen molar-refractivity contribution in [2.75, 3.05) is 13.2 Å². The average Bonchev–Trinajstić information content (AvgIpc) is 3.14. The minimum absolute atomic E-state index is 0.366. The van der Waals surface area contributed by atoms with Crippen LogP contribution in [0.1, 0.15) is 41.7 Å². The van der Waals surface area contributed by atoms with Crippen molar-refractivity contribution in [1.82, 2.24) is 0 Å². The third-order valence-electron chi connectivity index (χ3n) is 8.11. The molecule has 0 heterocycles. The molecule has 7 nitrogen and oxygen atoms in total. The second-order valence-corrected chi connectivity index (χ2v) is 12.3. The van der Waals surface area contributed by atoms with Crippen molar-refractivity contribution < 1.29 is 34.0 Å². The van der Waals surface area contributed by atoms with Crippen molar-refractivity contribution in [3.05, 3.63) is 161 Å². The monoisotopic (exact) mass is 674 g/mol. The van der Waals surface area contributed by atoms with E-state index in [0.29, 0.717) is 32.7 Å². The highest BCUT2D eigenvalue weighted by molar-refractivity contribution is 5.70. The molecule has 0 bridgehead atoms. The first kappa shape index (κ1) is 37.3. The van der Waals surface area contributed by atoms with Crippen molar-refractivity contribution in [1.29, 1.82) is 0 Å². The van der Waals surface area contributed by atoms with Crippen LogP contribution >= 0.6 is 0 Å². The highest BCUT2D eigenvalue weighted by Gasteiger charge is 2.12. The molecule has 0 spiro atoms. The molecule has 1 unspecified atom stereocenters. The summed E-state index contributed by atoms with van der Waals surface area (Å²) < 4.78 is 17.3. The lowest BCUT2D eigenvalue weighted by Gasteiger charge is -2.10. The van der Waals surface area contributed by atoms with Crippen molar-refractivity contribution >= 4 is 11.9 Å². The molecule has 0 aliphatic heterocycles. The van der Waals surface area contributed by atoms with Gasteiger partial charge in [0.1, 0.15) is 23.9 Å². The van der Waals surface area contributed by atoms with E-state index in [1.54, 1.807) is 13.8 Å². The fourth-order valence-corrected chi connectivity index (χ4v) is 5.04. The van der Waals surface area contributed by atoms with Crippen LogP contribution in [0.25, 0.3) is 0 Å². The molecule has 2 atom stereocenters. The standard InChI is InChI=1S/C25H26O4.C18H20O3/c1-19(25(26)27)17-21-9-13-23(14-10-21)28-16-15-20-7-11-24(12-8-20)29-18-22-5-3-2-4-6-22;1-14(18(19)20)13-16-7-9-17(10-8-16)21-12-11-15-5-3-2-4-6-15/h2-14,19H,15-18H2,1H3,(H,26,27);2-10,14H,11-13H2,1H3,(H,19,20)/t;14-/m.0/s1. The predicted octanol–water partition coefficient (Wildman–Crippen LogP) is 8.72. The average molecular weight is 675 g/mol. The molecular weight excluding hydrogens is 628 g/mol. The van der Waals surface area contributed by atoms with Gasteiger partial charge in [-0.05, 0) is 77.1 Å². The molecule has 0 aliphatic rings. The maximum atomic E-state index is 10.9. The summed E-state index contributed by atoms with van der Waals surface area (Å²) >= 11 is 0. The number of hydrogen-bond donors (Lipinski definition) is 2. The molecule has 5 rings (SSSR count). The van der Waals surface area contributed by atoms with Gasteiger partial charge in [0.25, 0.3) is 0 Å². The highest BCUT2D eigenvalue weighted by Crippen LogP contribution is 2.18. The van der Waals surface area contributed by atoms with E-state index in [2.05, 4.69) is 24.3 Å². The van der Waals surface area contributed by atoms with Crippen LogP contribution < -0.4 is 14.2 Å². The summed E-state index contributed by atoms with van der Waals surface area (Å²) in [5.74, 6) is 0.165. The lowest BCUT2D eigenvalue weighted by molar-refractivity contribution is -0.142.